The van der Waals surface area contributed by atoms with E-state index in [1.54, 1.807) is 14.2 Å². The lowest BCUT2D eigenvalue weighted by Crippen LogP contribution is -2.34. The molecule has 0 bridgehead atoms. The zero-order valence-corrected chi connectivity index (χ0v) is 12.5. The van der Waals surface area contributed by atoms with Crippen molar-refractivity contribution in [3.05, 3.63) is 29.3 Å². The molecule has 0 aliphatic rings. The van der Waals surface area contributed by atoms with Crippen molar-refractivity contribution in [1.82, 2.24) is 4.90 Å². The lowest BCUT2D eigenvalue weighted by atomic mass is 10.0. The fraction of sp³-hybridized carbons (Fsp3) is 0.600. The van der Waals surface area contributed by atoms with Crippen molar-refractivity contribution in [2.45, 2.75) is 19.9 Å². The quantitative estimate of drug-likeness (QED) is 0.781. The molecule has 0 spiro atoms. The molecule has 1 aromatic carbocycles. The van der Waals surface area contributed by atoms with E-state index in [0.717, 1.165) is 37.6 Å². The Morgan fingerprint density at radius 2 is 2.05 bits per heavy atom. The maximum absolute atomic E-state index is 6.33. The first kappa shape index (κ1) is 16.0. The van der Waals surface area contributed by atoms with Crippen LogP contribution in [-0.4, -0.2) is 45.4 Å². The second kappa shape index (κ2) is 8.15. The Hall–Kier alpha value is -1.10. The highest BCUT2D eigenvalue weighted by molar-refractivity contribution is 5.39. The van der Waals surface area contributed by atoms with E-state index in [2.05, 4.69) is 24.8 Å². The van der Waals surface area contributed by atoms with Crippen LogP contribution in [-0.2, 0) is 4.74 Å². The largest absolute Gasteiger partial charge is 0.496 e. The molecule has 0 aromatic heterocycles. The molecule has 0 aliphatic carbocycles. The normalized spacial score (nSPS) is 12.7. The summed E-state index contributed by atoms with van der Waals surface area (Å²) in [4.78, 5) is 2.29. The first-order chi connectivity index (χ1) is 9.12. The molecule has 1 unspecified atom stereocenters. The lowest BCUT2D eigenvalue weighted by molar-refractivity contribution is 0.147. The van der Waals surface area contributed by atoms with E-state index in [1.807, 2.05) is 12.1 Å². The van der Waals surface area contributed by atoms with Gasteiger partial charge in [0.05, 0.1) is 13.7 Å². The Bertz CT molecular complexity index is 382. The molecule has 2 N–H and O–H groups in total. The van der Waals surface area contributed by atoms with Gasteiger partial charge < -0.3 is 15.2 Å². The molecular formula is C15H26N2O2. The van der Waals surface area contributed by atoms with E-state index in [0.29, 0.717) is 0 Å². The summed E-state index contributed by atoms with van der Waals surface area (Å²) in [7, 11) is 3.40. The second-order valence-electron chi connectivity index (χ2n) is 4.74. The molecule has 4 nitrogen and oxygen atoms in total. The van der Waals surface area contributed by atoms with E-state index in [4.69, 9.17) is 15.2 Å². The van der Waals surface area contributed by atoms with Crippen molar-refractivity contribution in [2.75, 3.05) is 40.5 Å². The van der Waals surface area contributed by atoms with Crippen LogP contribution in [0.15, 0.2) is 18.2 Å². The van der Waals surface area contributed by atoms with E-state index >= 15 is 0 Å². The van der Waals surface area contributed by atoms with Crippen LogP contribution in [0.4, 0.5) is 0 Å². The summed E-state index contributed by atoms with van der Waals surface area (Å²) in [6.07, 6.45) is 0. The van der Waals surface area contributed by atoms with Gasteiger partial charge >= 0.3 is 0 Å². The van der Waals surface area contributed by atoms with Gasteiger partial charge in [-0.3, -0.25) is 4.90 Å². The highest BCUT2D eigenvalue weighted by atomic mass is 16.5. The zero-order valence-electron chi connectivity index (χ0n) is 12.5. The fourth-order valence-electron chi connectivity index (χ4n) is 2.12. The van der Waals surface area contributed by atoms with Crippen LogP contribution in [0.5, 0.6) is 5.75 Å². The number of hydrogen-bond acceptors (Lipinski definition) is 4. The van der Waals surface area contributed by atoms with Crippen molar-refractivity contribution < 1.29 is 9.47 Å². The Labute approximate surface area is 116 Å². The fourth-order valence-corrected chi connectivity index (χ4v) is 2.12. The number of rotatable bonds is 8. The van der Waals surface area contributed by atoms with Gasteiger partial charge in [0.1, 0.15) is 5.75 Å². The molecule has 0 aliphatic heterocycles. The molecule has 0 amide bonds. The van der Waals surface area contributed by atoms with Gasteiger partial charge in [-0.2, -0.15) is 0 Å². The highest BCUT2D eigenvalue weighted by Gasteiger charge is 2.15. The maximum Gasteiger partial charge on any atom is 0.123 e. The Kier molecular flexibility index (Phi) is 6.84. The number of likely N-dealkylation sites (N-methyl/N-ethyl adjacent to an activating group) is 1. The van der Waals surface area contributed by atoms with Gasteiger partial charge in [0, 0.05) is 31.8 Å². The molecule has 0 heterocycles. The van der Waals surface area contributed by atoms with Gasteiger partial charge in [-0.05, 0) is 19.5 Å². The summed E-state index contributed by atoms with van der Waals surface area (Å²) in [5.74, 6) is 0.862. The minimum absolute atomic E-state index is 0.0494. The third-order valence-corrected chi connectivity index (χ3v) is 3.30. The standard InChI is InChI=1S/C15H26N2O2/c1-5-17(8-9-18-3)11-14(16)13-10-12(2)6-7-15(13)19-4/h6-7,10,14H,5,8-9,11,16H2,1-4H3. The molecule has 1 atom stereocenters. The Morgan fingerprint density at radius 1 is 1.32 bits per heavy atom. The van der Waals surface area contributed by atoms with Crippen LogP contribution in [0.25, 0.3) is 0 Å². The number of aryl methyl sites for hydroxylation is 1. The molecule has 0 fully saturated rings. The van der Waals surface area contributed by atoms with E-state index in [-0.39, 0.29) is 6.04 Å². The van der Waals surface area contributed by atoms with Crippen molar-refractivity contribution >= 4 is 0 Å². The molecule has 0 radical (unpaired) electrons. The first-order valence-electron chi connectivity index (χ1n) is 6.73. The van der Waals surface area contributed by atoms with Crippen molar-refractivity contribution in [1.29, 1.82) is 0 Å². The smallest absolute Gasteiger partial charge is 0.123 e. The minimum atomic E-state index is -0.0494. The number of nitrogens with two attached hydrogens (primary N) is 1. The summed E-state index contributed by atoms with van der Waals surface area (Å²) in [6, 6.07) is 6.08. The van der Waals surface area contributed by atoms with Crippen LogP contribution < -0.4 is 10.5 Å². The van der Waals surface area contributed by atoms with Gasteiger partial charge in [0.25, 0.3) is 0 Å². The molecule has 1 aromatic rings. The topological polar surface area (TPSA) is 47.7 Å². The molecule has 108 valence electrons. The molecular weight excluding hydrogens is 240 g/mol. The third-order valence-electron chi connectivity index (χ3n) is 3.30. The van der Waals surface area contributed by atoms with Crippen LogP contribution in [0.1, 0.15) is 24.1 Å². The number of ether oxygens (including phenoxy) is 2. The lowest BCUT2D eigenvalue weighted by Gasteiger charge is -2.25. The number of benzene rings is 1. The van der Waals surface area contributed by atoms with Gasteiger partial charge in [-0.25, -0.2) is 0 Å². The molecule has 4 heteroatoms. The number of methoxy groups -OCH3 is 2. The van der Waals surface area contributed by atoms with Crippen molar-refractivity contribution in [2.24, 2.45) is 5.73 Å². The predicted molar refractivity (Wildman–Crippen MR) is 78.6 cm³/mol. The Balaban J connectivity index is 2.75. The summed E-state index contributed by atoms with van der Waals surface area (Å²) in [5.41, 5.74) is 8.59. The van der Waals surface area contributed by atoms with Gasteiger partial charge in [-0.1, -0.05) is 24.6 Å². The van der Waals surface area contributed by atoms with Crippen LogP contribution in [0, 0.1) is 6.92 Å². The van der Waals surface area contributed by atoms with E-state index in [9.17, 15) is 0 Å². The summed E-state index contributed by atoms with van der Waals surface area (Å²) >= 11 is 0. The highest BCUT2D eigenvalue weighted by Crippen LogP contribution is 2.25. The van der Waals surface area contributed by atoms with E-state index in [1.165, 1.54) is 5.56 Å². The summed E-state index contributed by atoms with van der Waals surface area (Å²) in [5, 5.41) is 0. The summed E-state index contributed by atoms with van der Waals surface area (Å²) in [6.45, 7) is 7.60. The maximum atomic E-state index is 6.33. The number of nitrogens with zero attached hydrogens (tertiary/aromatic N) is 1. The molecule has 0 saturated carbocycles. The monoisotopic (exact) mass is 266 g/mol. The van der Waals surface area contributed by atoms with Crippen LogP contribution in [0.2, 0.25) is 0 Å². The average Bonchev–Trinajstić information content (AvgIpc) is 2.43. The average molecular weight is 266 g/mol. The van der Waals surface area contributed by atoms with Crippen molar-refractivity contribution in [3.8, 4) is 5.75 Å². The van der Waals surface area contributed by atoms with Gasteiger partial charge in [-0.15, -0.1) is 0 Å². The van der Waals surface area contributed by atoms with Gasteiger partial charge in [0.15, 0.2) is 0 Å². The van der Waals surface area contributed by atoms with E-state index < -0.39 is 0 Å². The van der Waals surface area contributed by atoms with Crippen LogP contribution >= 0.6 is 0 Å². The molecule has 0 saturated heterocycles. The number of hydrogen-bond donors (Lipinski definition) is 1. The second-order valence-corrected chi connectivity index (χ2v) is 4.74. The van der Waals surface area contributed by atoms with Crippen LogP contribution in [0.3, 0.4) is 0 Å². The zero-order chi connectivity index (χ0) is 14.3. The molecule has 19 heavy (non-hydrogen) atoms. The SMILES string of the molecule is CCN(CCOC)CC(N)c1cc(C)ccc1OC. The summed E-state index contributed by atoms with van der Waals surface area (Å²) < 4.78 is 10.5. The third kappa shape index (κ3) is 4.82. The van der Waals surface area contributed by atoms with Crippen molar-refractivity contribution in [3.63, 3.8) is 0 Å². The first-order valence-corrected chi connectivity index (χ1v) is 6.73. The predicted octanol–water partition coefficient (Wildman–Crippen LogP) is 1.97. The van der Waals surface area contributed by atoms with Gasteiger partial charge in [0.2, 0.25) is 0 Å². The Morgan fingerprint density at radius 3 is 2.63 bits per heavy atom. The molecule has 1 rings (SSSR count). The minimum Gasteiger partial charge on any atom is -0.496 e.